The van der Waals surface area contributed by atoms with Gasteiger partial charge in [0.05, 0.1) is 32.2 Å². The highest BCUT2D eigenvalue weighted by Gasteiger charge is 2.27. The highest BCUT2D eigenvalue weighted by molar-refractivity contribution is 5.94. The van der Waals surface area contributed by atoms with Crippen LogP contribution in [-0.2, 0) is 19.1 Å². The second-order valence-corrected chi connectivity index (χ2v) is 4.74. The van der Waals surface area contributed by atoms with Gasteiger partial charge in [-0.05, 0) is 25.7 Å². The molecule has 7 heteroatoms. The van der Waals surface area contributed by atoms with Crippen molar-refractivity contribution in [3.8, 4) is 0 Å². The first-order valence-electron chi connectivity index (χ1n) is 6.77. The Morgan fingerprint density at radius 1 is 1.15 bits per heavy atom. The van der Waals surface area contributed by atoms with E-state index in [0.29, 0.717) is 0 Å². The molecule has 0 unspecified atom stereocenters. The van der Waals surface area contributed by atoms with E-state index in [-0.39, 0.29) is 36.9 Å². The Kier molecular flexibility index (Phi) is 7.00. The van der Waals surface area contributed by atoms with Crippen molar-refractivity contribution in [1.29, 1.82) is 0 Å². The predicted molar refractivity (Wildman–Crippen MR) is 70.9 cm³/mol. The molecular weight excluding hydrogens is 264 g/mol. The Balaban J connectivity index is 2.14. The molecule has 3 amide bonds. The number of esters is 1. The third-order valence-electron chi connectivity index (χ3n) is 3.37. The summed E-state index contributed by atoms with van der Waals surface area (Å²) in [5.74, 6) is -0.558. The van der Waals surface area contributed by atoms with E-state index in [1.165, 1.54) is 14.2 Å². The van der Waals surface area contributed by atoms with Crippen LogP contribution in [0.5, 0.6) is 0 Å². The van der Waals surface area contributed by atoms with Crippen LogP contribution in [0, 0.1) is 5.92 Å². The summed E-state index contributed by atoms with van der Waals surface area (Å²) in [6, 6.07) is -0.520. The highest BCUT2D eigenvalue weighted by Crippen LogP contribution is 2.27. The molecule has 0 saturated heterocycles. The summed E-state index contributed by atoms with van der Waals surface area (Å²) >= 11 is 0. The lowest BCUT2D eigenvalue weighted by atomic mass is 9.87. The fraction of sp³-hybridized carbons (Fsp3) is 0.769. The Morgan fingerprint density at radius 3 is 2.35 bits per heavy atom. The van der Waals surface area contributed by atoms with E-state index in [1.54, 1.807) is 0 Å². The van der Waals surface area contributed by atoms with Gasteiger partial charge in [0.1, 0.15) is 0 Å². The van der Waals surface area contributed by atoms with E-state index >= 15 is 0 Å². The highest BCUT2D eigenvalue weighted by atomic mass is 16.5. The van der Waals surface area contributed by atoms with Crippen molar-refractivity contribution in [2.24, 2.45) is 5.92 Å². The minimum absolute atomic E-state index is 0.0311. The van der Waals surface area contributed by atoms with Crippen LogP contribution < -0.4 is 10.6 Å². The van der Waals surface area contributed by atoms with Crippen molar-refractivity contribution in [2.75, 3.05) is 20.8 Å². The fourth-order valence-corrected chi connectivity index (χ4v) is 2.20. The average molecular weight is 286 g/mol. The molecule has 0 aromatic carbocycles. The van der Waals surface area contributed by atoms with Crippen LogP contribution in [-0.4, -0.2) is 44.8 Å². The van der Waals surface area contributed by atoms with Gasteiger partial charge >= 0.3 is 12.0 Å². The van der Waals surface area contributed by atoms with E-state index in [9.17, 15) is 14.4 Å². The third-order valence-corrected chi connectivity index (χ3v) is 3.37. The molecular formula is C13H22N2O5. The van der Waals surface area contributed by atoms with Crippen molar-refractivity contribution in [2.45, 2.75) is 38.2 Å². The van der Waals surface area contributed by atoms with Crippen molar-refractivity contribution in [1.82, 2.24) is 10.6 Å². The lowest BCUT2D eigenvalue weighted by molar-refractivity contribution is -0.147. The zero-order valence-electron chi connectivity index (χ0n) is 11.9. The maximum atomic E-state index is 11.4. The standard InChI is InChI=1S/C13H22N2O5/c1-14-13(18)15-11(16)7-8-20-10-5-3-9(4-6-10)12(17)19-2/h9-10H,3-8H2,1-2H3,(H2,14,15,16,18). The molecule has 0 aliphatic heterocycles. The molecule has 0 bridgehead atoms. The number of nitrogens with one attached hydrogen (secondary N) is 2. The number of amides is 3. The largest absolute Gasteiger partial charge is 0.469 e. The molecule has 1 rings (SSSR count). The quantitative estimate of drug-likeness (QED) is 0.721. The number of rotatable bonds is 5. The van der Waals surface area contributed by atoms with Gasteiger partial charge in [-0.2, -0.15) is 0 Å². The molecule has 7 nitrogen and oxygen atoms in total. The number of hydrogen-bond donors (Lipinski definition) is 2. The van der Waals surface area contributed by atoms with Crippen LogP contribution in [0.4, 0.5) is 4.79 Å². The first-order chi connectivity index (χ1) is 9.56. The molecule has 0 aromatic rings. The molecule has 1 saturated carbocycles. The van der Waals surface area contributed by atoms with Crippen molar-refractivity contribution >= 4 is 17.9 Å². The molecule has 1 aliphatic carbocycles. The number of ether oxygens (including phenoxy) is 2. The summed E-state index contributed by atoms with van der Waals surface area (Å²) in [7, 11) is 2.84. The van der Waals surface area contributed by atoms with Gasteiger partial charge in [-0.15, -0.1) is 0 Å². The maximum Gasteiger partial charge on any atom is 0.321 e. The number of imide groups is 1. The first-order valence-corrected chi connectivity index (χ1v) is 6.77. The van der Waals surface area contributed by atoms with Gasteiger partial charge in [0.25, 0.3) is 0 Å². The topological polar surface area (TPSA) is 93.7 Å². The smallest absolute Gasteiger partial charge is 0.321 e. The van der Waals surface area contributed by atoms with E-state index in [4.69, 9.17) is 9.47 Å². The van der Waals surface area contributed by atoms with Gasteiger partial charge in [0.2, 0.25) is 5.91 Å². The summed E-state index contributed by atoms with van der Waals surface area (Å²) in [5.41, 5.74) is 0. The van der Waals surface area contributed by atoms with E-state index in [0.717, 1.165) is 25.7 Å². The predicted octanol–water partition coefficient (Wildman–Crippen LogP) is 0.581. The molecule has 0 heterocycles. The number of hydrogen-bond acceptors (Lipinski definition) is 5. The second kappa shape index (κ2) is 8.52. The van der Waals surface area contributed by atoms with Crippen molar-refractivity contribution in [3.63, 3.8) is 0 Å². The SMILES string of the molecule is CNC(=O)NC(=O)CCOC1CCC(C(=O)OC)CC1. The van der Waals surface area contributed by atoms with Gasteiger partial charge in [-0.3, -0.25) is 14.9 Å². The first kappa shape index (κ1) is 16.4. The average Bonchev–Trinajstić information content (AvgIpc) is 2.47. The Labute approximate surface area is 118 Å². The van der Waals surface area contributed by atoms with Crippen molar-refractivity contribution < 1.29 is 23.9 Å². The molecule has 1 fully saturated rings. The van der Waals surface area contributed by atoms with Crippen LogP contribution in [0.25, 0.3) is 0 Å². The van der Waals surface area contributed by atoms with Crippen LogP contribution in [0.1, 0.15) is 32.1 Å². The molecule has 0 radical (unpaired) electrons. The summed E-state index contributed by atoms with van der Waals surface area (Å²) < 4.78 is 10.3. The number of urea groups is 1. The number of carbonyl (C=O) groups excluding carboxylic acids is 3. The molecule has 2 N–H and O–H groups in total. The zero-order chi connectivity index (χ0) is 15.0. The molecule has 0 atom stereocenters. The van der Waals surface area contributed by atoms with Crippen LogP contribution in [0.15, 0.2) is 0 Å². The lowest BCUT2D eigenvalue weighted by Crippen LogP contribution is -2.38. The molecule has 0 spiro atoms. The van der Waals surface area contributed by atoms with Gasteiger partial charge in [0, 0.05) is 7.05 Å². The van der Waals surface area contributed by atoms with Gasteiger partial charge < -0.3 is 14.8 Å². The van der Waals surface area contributed by atoms with E-state index < -0.39 is 6.03 Å². The minimum atomic E-state index is -0.520. The maximum absolute atomic E-state index is 11.4. The zero-order valence-corrected chi connectivity index (χ0v) is 11.9. The second-order valence-electron chi connectivity index (χ2n) is 4.74. The van der Waals surface area contributed by atoms with E-state index in [1.807, 2.05) is 0 Å². The van der Waals surface area contributed by atoms with Gasteiger partial charge in [-0.25, -0.2) is 4.79 Å². The molecule has 114 valence electrons. The summed E-state index contributed by atoms with van der Waals surface area (Å²) in [5, 5.41) is 4.47. The Bertz CT molecular complexity index is 351. The minimum Gasteiger partial charge on any atom is -0.469 e. The third kappa shape index (κ3) is 5.56. The Morgan fingerprint density at radius 2 is 1.80 bits per heavy atom. The summed E-state index contributed by atoms with van der Waals surface area (Å²) in [4.78, 5) is 33.6. The number of carbonyl (C=O) groups is 3. The van der Waals surface area contributed by atoms with Crippen LogP contribution in [0.2, 0.25) is 0 Å². The molecule has 20 heavy (non-hydrogen) atoms. The summed E-state index contributed by atoms with van der Waals surface area (Å²) in [6.45, 7) is 0.274. The van der Waals surface area contributed by atoms with E-state index in [2.05, 4.69) is 10.6 Å². The van der Waals surface area contributed by atoms with Gasteiger partial charge in [0.15, 0.2) is 0 Å². The fourth-order valence-electron chi connectivity index (χ4n) is 2.20. The Hall–Kier alpha value is -1.63. The summed E-state index contributed by atoms with van der Waals surface area (Å²) in [6.07, 6.45) is 3.30. The van der Waals surface area contributed by atoms with Crippen LogP contribution >= 0.6 is 0 Å². The number of methoxy groups -OCH3 is 1. The monoisotopic (exact) mass is 286 g/mol. The lowest BCUT2D eigenvalue weighted by Gasteiger charge is -2.26. The molecule has 1 aliphatic rings. The molecule has 0 aromatic heterocycles. The normalized spacial score (nSPS) is 21.9. The van der Waals surface area contributed by atoms with Crippen molar-refractivity contribution in [3.05, 3.63) is 0 Å². The van der Waals surface area contributed by atoms with Gasteiger partial charge in [-0.1, -0.05) is 0 Å². The van der Waals surface area contributed by atoms with Crippen LogP contribution in [0.3, 0.4) is 0 Å².